The van der Waals surface area contributed by atoms with Crippen LogP contribution in [0.4, 0.5) is 0 Å². The summed E-state index contributed by atoms with van der Waals surface area (Å²) in [5.41, 5.74) is 1.94. The van der Waals surface area contributed by atoms with E-state index in [0.717, 1.165) is 11.4 Å². The molecule has 0 aromatic rings. The molecular weight excluding hydrogens is 134 g/mol. The molecule has 1 nitrogen and oxygen atoms in total. The van der Waals surface area contributed by atoms with Crippen molar-refractivity contribution in [2.24, 2.45) is 0 Å². The molecule has 0 N–H and O–H groups in total. The van der Waals surface area contributed by atoms with Crippen LogP contribution in [-0.2, 0) is 0 Å². The maximum absolute atomic E-state index is 3.81. The van der Waals surface area contributed by atoms with Gasteiger partial charge in [0.2, 0.25) is 0 Å². The summed E-state index contributed by atoms with van der Waals surface area (Å²) in [6.45, 7) is 15.0. The van der Waals surface area contributed by atoms with E-state index in [2.05, 4.69) is 19.7 Å². The van der Waals surface area contributed by atoms with Gasteiger partial charge in [0, 0.05) is 17.6 Å². The van der Waals surface area contributed by atoms with E-state index in [1.165, 1.54) is 0 Å². The minimum atomic E-state index is 0.938. The fourth-order valence-electron chi connectivity index (χ4n) is 0.837. The van der Waals surface area contributed by atoms with Crippen molar-refractivity contribution in [1.29, 1.82) is 0 Å². The molecule has 0 atom stereocenters. The molecule has 0 aliphatic rings. The predicted molar refractivity (Wildman–Crippen MR) is 50.8 cm³/mol. The van der Waals surface area contributed by atoms with Gasteiger partial charge in [0.05, 0.1) is 0 Å². The molecule has 0 radical (unpaired) electrons. The molecule has 0 aromatic heterocycles. The standard InChI is InChI=1S/C10H15N/c1-6-10(7-2)11(8-3)9(4)5/h6-8H,1,3-4H2,2,5H3/b10-7+. The van der Waals surface area contributed by atoms with Crippen LogP contribution in [0.3, 0.4) is 0 Å². The topological polar surface area (TPSA) is 3.24 Å². The Labute approximate surface area is 69.0 Å². The fourth-order valence-corrected chi connectivity index (χ4v) is 0.837. The fraction of sp³-hybridized carbons (Fsp3) is 0.200. The molecule has 0 aliphatic carbocycles. The van der Waals surface area contributed by atoms with Crippen LogP contribution >= 0.6 is 0 Å². The summed E-state index contributed by atoms with van der Waals surface area (Å²) in [5.74, 6) is 0. The van der Waals surface area contributed by atoms with Crippen molar-refractivity contribution in [3.05, 3.63) is 49.5 Å². The second-order valence-corrected chi connectivity index (χ2v) is 2.21. The monoisotopic (exact) mass is 149 g/mol. The first-order valence-electron chi connectivity index (χ1n) is 3.53. The van der Waals surface area contributed by atoms with Crippen LogP contribution in [0, 0.1) is 0 Å². The highest BCUT2D eigenvalue weighted by molar-refractivity contribution is 5.21. The number of hydrogen-bond acceptors (Lipinski definition) is 1. The van der Waals surface area contributed by atoms with Gasteiger partial charge in [-0.3, -0.25) is 0 Å². The van der Waals surface area contributed by atoms with Gasteiger partial charge in [-0.25, -0.2) is 0 Å². The van der Waals surface area contributed by atoms with Gasteiger partial charge in [0.15, 0.2) is 0 Å². The molecular formula is C10H15N. The third-order valence-corrected chi connectivity index (χ3v) is 1.38. The smallest absolute Gasteiger partial charge is 0.0403 e. The predicted octanol–water partition coefficient (Wildman–Crippen LogP) is 3.06. The Bertz CT molecular complexity index is 199. The van der Waals surface area contributed by atoms with Crippen molar-refractivity contribution in [3.63, 3.8) is 0 Å². The Kier molecular flexibility index (Phi) is 4.04. The normalized spacial score (nSPS) is 10.5. The molecule has 0 aromatic carbocycles. The van der Waals surface area contributed by atoms with E-state index in [-0.39, 0.29) is 0 Å². The number of hydrogen-bond donors (Lipinski definition) is 0. The molecule has 0 spiro atoms. The van der Waals surface area contributed by atoms with Crippen LogP contribution in [0.15, 0.2) is 49.5 Å². The zero-order valence-corrected chi connectivity index (χ0v) is 7.30. The minimum Gasteiger partial charge on any atom is -0.323 e. The minimum absolute atomic E-state index is 0.938. The molecule has 0 unspecified atom stereocenters. The lowest BCUT2D eigenvalue weighted by Gasteiger charge is -2.20. The Balaban J connectivity index is 4.61. The summed E-state index contributed by atoms with van der Waals surface area (Å²) in [4.78, 5) is 1.88. The van der Waals surface area contributed by atoms with Crippen molar-refractivity contribution in [1.82, 2.24) is 4.90 Å². The van der Waals surface area contributed by atoms with Gasteiger partial charge in [0.25, 0.3) is 0 Å². The zero-order chi connectivity index (χ0) is 8.85. The van der Waals surface area contributed by atoms with Crippen molar-refractivity contribution in [2.75, 3.05) is 0 Å². The first-order chi connectivity index (χ1) is 5.17. The average molecular weight is 149 g/mol. The molecule has 11 heavy (non-hydrogen) atoms. The molecule has 0 amide bonds. The Hall–Kier alpha value is -1.24. The summed E-state index contributed by atoms with van der Waals surface area (Å²) < 4.78 is 0. The Morgan fingerprint density at radius 2 is 1.91 bits per heavy atom. The van der Waals surface area contributed by atoms with Gasteiger partial charge in [0.1, 0.15) is 0 Å². The molecule has 0 bridgehead atoms. The van der Waals surface area contributed by atoms with Gasteiger partial charge in [-0.15, -0.1) is 0 Å². The van der Waals surface area contributed by atoms with Gasteiger partial charge in [-0.05, 0) is 19.9 Å². The van der Waals surface area contributed by atoms with E-state index < -0.39 is 0 Å². The van der Waals surface area contributed by atoms with Gasteiger partial charge >= 0.3 is 0 Å². The maximum atomic E-state index is 3.81. The van der Waals surface area contributed by atoms with Crippen LogP contribution in [0.5, 0.6) is 0 Å². The van der Waals surface area contributed by atoms with E-state index >= 15 is 0 Å². The lowest BCUT2D eigenvalue weighted by atomic mass is 10.3. The SMILES string of the molecule is C=C/C(=C\C)N(C=C)C(=C)C. The van der Waals surface area contributed by atoms with Crippen molar-refractivity contribution in [3.8, 4) is 0 Å². The third kappa shape index (κ3) is 2.46. The quantitative estimate of drug-likeness (QED) is 0.555. The van der Waals surface area contributed by atoms with E-state index in [0.29, 0.717) is 0 Å². The highest BCUT2D eigenvalue weighted by Gasteiger charge is 1.99. The lowest BCUT2D eigenvalue weighted by Crippen LogP contribution is -2.10. The van der Waals surface area contributed by atoms with Crippen LogP contribution in [0.2, 0.25) is 0 Å². The first-order valence-corrected chi connectivity index (χ1v) is 3.53. The largest absolute Gasteiger partial charge is 0.323 e. The van der Waals surface area contributed by atoms with Crippen LogP contribution in [0.1, 0.15) is 13.8 Å². The molecule has 0 aliphatic heterocycles. The number of nitrogens with zero attached hydrogens (tertiary/aromatic N) is 1. The number of allylic oxidation sites excluding steroid dienone is 3. The lowest BCUT2D eigenvalue weighted by molar-refractivity contribution is 0.598. The van der Waals surface area contributed by atoms with E-state index in [9.17, 15) is 0 Å². The van der Waals surface area contributed by atoms with Crippen LogP contribution in [-0.4, -0.2) is 4.90 Å². The highest BCUT2D eigenvalue weighted by atomic mass is 15.1. The molecule has 0 fully saturated rings. The second-order valence-electron chi connectivity index (χ2n) is 2.21. The van der Waals surface area contributed by atoms with Gasteiger partial charge in [-0.1, -0.05) is 25.8 Å². The third-order valence-electron chi connectivity index (χ3n) is 1.38. The van der Waals surface area contributed by atoms with E-state index in [4.69, 9.17) is 0 Å². The Morgan fingerprint density at radius 3 is 2.00 bits per heavy atom. The summed E-state index contributed by atoms with van der Waals surface area (Å²) >= 11 is 0. The van der Waals surface area contributed by atoms with E-state index in [1.54, 1.807) is 12.3 Å². The molecule has 0 heterocycles. The first kappa shape index (κ1) is 9.76. The molecule has 1 heteroatoms. The number of rotatable bonds is 4. The Morgan fingerprint density at radius 1 is 1.36 bits per heavy atom. The van der Waals surface area contributed by atoms with Gasteiger partial charge < -0.3 is 4.90 Å². The molecule has 60 valence electrons. The average Bonchev–Trinajstić information content (AvgIpc) is 1.99. The summed E-state index contributed by atoms with van der Waals surface area (Å²) in [6.07, 6.45) is 5.46. The second kappa shape index (κ2) is 4.56. The maximum Gasteiger partial charge on any atom is 0.0403 e. The van der Waals surface area contributed by atoms with Gasteiger partial charge in [-0.2, -0.15) is 0 Å². The summed E-state index contributed by atoms with van der Waals surface area (Å²) in [7, 11) is 0. The summed E-state index contributed by atoms with van der Waals surface area (Å²) in [5, 5.41) is 0. The zero-order valence-electron chi connectivity index (χ0n) is 7.30. The van der Waals surface area contributed by atoms with E-state index in [1.807, 2.05) is 24.8 Å². The molecule has 0 saturated heterocycles. The van der Waals surface area contributed by atoms with Crippen molar-refractivity contribution >= 4 is 0 Å². The molecule has 0 saturated carbocycles. The molecule has 0 rings (SSSR count). The van der Waals surface area contributed by atoms with Crippen LogP contribution in [0.25, 0.3) is 0 Å². The van der Waals surface area contributed by atoms with Crippen molar-refractivity contribution in [2.45, 2.75) is 13.8 Å². The highest BCUT2D eigenvalue weighted by Crippen LogP contribution is 2.11. The summed E-state index contributed by atoms with van der Waals surface area (Å²) in [6, 6.07) is 0. The van der Waals surface area contributed by atoms with Crippen molar-refractivity contribution < 1.29 is 0 Å². The van der Waals surface area contributed by atoms with Crippen LogP contribution < -0.4 is 0 Å².